The minimum Gasteiger partial charge on any atom is -0.393 e. The van der Waals surface area contributed by atoms with Crippen LogP contribution in [0.15, 0.2) is 42.5 Å². The van der Waals surface area contributed by atoms with Crippen LogP contribution in [0.5, 0.6) is 0 Å². The molecule has 2 aromatic carbocycles. The monoisotopic (exact) mass is 275 g/mol. The summed E-state index contributed by atoms with van der Waals surface area (Å²) in [5, 5.41) is 13.8. The molecule has 0 aromatic heterocycles. The highest BCUT2D eigenvalue weighted by molar-refractivity contribution is 5.66. The lowest BCUT2D eigenvalue weighted by Crippen LogP contribution is -2.07. The summed E-state index contributed by atoms with van der Waals surface area (Å²) in [6.07, 6.45) is 0. The zero-order valence-electron chi connectivity index (χ0n) is 10.8. The molecule has 0 radical (unpaired) electrons. The van der Waals surface area contributed by atoms with Gasteiger partial charge in [-0.05, 0) is 36.8 Å². The lowest BCUT2D eigenvalue weighted by Gasteiger charge is -2.16. The molecule has 0 bridgehead atoms. The van der Waals surface area contributed by atoms with E-state index in [9.17, 15) is 14.5 Å². The maximum Gasteiger partial charge on any atom is 0.292 e. The fourth-order valence-corrected chi connectivity index (χ4v) is 1.90. The van der Waals surface area contributed by atoms with E-state index in [1.807, 2.05) is 6.92 Å². The van der Waals surface area contributed by atoms with E-state index in [-0.39, 0.29) is 23.2 Å². The third-order valence-electron chi connectivity index (χ3n) is 2.98. The van der Waals surface area contributed by atoms with E-state index in [1.54, 1.807) is 18.2 Å². The van der Waals surface area contributed by atoms with Crippen molar-refractivity contribution in [1.29, 1.82) is 0 Å². The SMILES string of the molecule is CC(Nc1ccc([N+](=O)[O-])c(N)c1)c1ccc(F)cc1. The maximum absolute atomic E-state index is 12.8. The molecule has 0 heterocycles. The lowest BCUT2D eigenvalue weighted by molar-refractivity contribution is -0.383. The molecular weight excluding hydrogens is 261 g/mol. The Balaban J connectivity index is 2.15. The molecule has 0 saturated heterocycles. The van der Waals surface area contributed by atoms with Gasteiger partial charge in [0.2, 0.25) is 0 Å². The summed E-state index contributed by atoms with van der Waals surface area (Å²) in [5.74, 6) is -0.291. The van der Waals surface area contributed by atoms with Crippen molar-refractivity contribution in [2.45, 2.75) is 13.0 Å². The molecule has 3 N–H and O–H groups in total. The topological polar surface area (TPSA) is 81.2 Å². The lowest BCUT2D eigenvalue weighted by atomic mass is 10.1. The van der Waals surface area contributed by atoms with Gasteiger partial charge in [-0.2, -0.15) is 0 Å². The van der Waals surface area contributed by atoms with Gasteiger partial charge in [0.25, 0.3) is 5.69 Å². The van der Waals surface area contributed by atoms with Crippen molar-refractivity contribution >= 4 is 17.1 Å². The Hall–Kier alpha value is -2.63. The molecular formula is C14H14FN3O2. The van der Waals surface area contributed by atoms with E-state index in [2.05, 4.69) is 5.32 Å². The standard InChI is InChI=1S/C14H14FN3O2/c1-9(10-2-4-11(15)5-3-10)17-12-6-7-14(18(19)20)13(16)8-12/h2-9,17H,16H2,1H3. The Kier molecular flexibility index (Phi) is 3.84. The second-order valence-electron chi connectivity index (χ2n) is 4.45. The van der Waals surface area contributed by atoms with Gasteiger partial charge in [-0.25, -0.2) is 4.39 Å². The van der Waals surface area contributed by atoms with Gasteiger partial charge in [0.15, 0.2) is 0 Å². The minimum atomic E-state index is -0.525. The van der Waals surface area contributed by atoms with Crippen LogP contribution >= 0.6 is 0 Å². The van der Waals surface area contributed by atoms with E-state index in [0.717, 1.165) is 5.56 Å². The van der Waals surface area contributed by atoms with Crippen molar-refractivity contribution in [3.8, 4) is 0 Å². The van der Waals surface area contributed by atoms with Gasteiger partial charge in [-0.3, -0.25) is 10.1 Å². The summed E-state index contributed by atoms with van der Waals surface area (Å²) in [6, 6.07) is 10.5. The molecule has 104 valence electrons. The third kappa shape index (κ3) is 3.03. The molecule has 6 heteroatoms. The Morgan fingerprint density at radius 1 is 1.25 bits per heavy atom. The van der Waals surface area contributed by atoms with Gasteiger partial charge in [0, 0.05) is 17.8 Å². The largest absolute Gasteiger partial charge is 0.393 e. The smallest absolute Gasteiger partial charge is 0.292 e. The summed E-state index contributed by atoms with van der Waals surface area (Å²) < 4.78 is 12.8. The minimum absolute atomic E-state index is 0.0727. The quantitative estimate of drug-likeness (QED) is 0.508. The van der Waals surface area contributed by atoms with Crippen molar-refractivity contribution < 1.29 is 9.31 Å². The molecule has 0 aliphatic carbocycles. The fraction of sp³-hybridized carbons (Fsp3) is 0.143. The van der Waals surface area contributed by atoms with Gasteiger partial charge in [-0.15, -0.1) is 0 Å². The first-order chi connectivity index (χ1) is 9.47. The van der Waals surface area contributed by atoms with Crippen LogP contribution < -0.4 is 11.1 Å². The molecule has 0 aliphatic rings. The molecule has 20 heavy (non-hydrogen) atoms. The zero-order valence-corrected chi connectivity index (χ0v) is 10.8. The van der Waals surface area contributed by atoms with E-state index < -0.39 is 4.92 Å². The number of halogens is 1. The Morgan fingerprint density at radius 3 is 2.45 bits per heavy atom. The first-order valence-corrected chi connectivity index (χ1v) is 6.03. The highest BCUT2D eigenvalue weighted by atomic mass is 19.1. The summed E-state index contributed by atoms with van der Waals surface area (Å²) in [6.45, 7) is 1.91. The molecule has 5 nitrogen and oxygen atoms in total. The third-order valence-corrected chi connectivity index (χ3v) is 2.98. The molecule has 1 atom stereocenters. The predicted octanol–water partition coefficient (Wildman–Crippen LogP) is 3.49. The molecule has 0 aliphatic heterocycles. The summed E-state index contributed by atoms with van der Waals surface area (Å²) >= 11 is 0. The van der Waals surface area contributed by atoms with Crippen LogP contribution in [0.25, 0.3) is 0 Å². The summed E-state index contributed by atoms with van der Waals surface area (Å²) in [7, 11) is 0. The average Bonchev–Trinajstić information content (AvgIpc) is 2.39. The molecule has 2 aromatic rings. The fourth-order valence-electron chi connectivity index (χ4n) is 1.90. The second kappa shape index (κ2) is 5.56. The van der Waals surface area contributed by atoms with Crippen molar-refractivity contribution in [3.63, 3.8) is 0 Å². The summed E-state index contributed by atoms with van der Waals surface area (Å²) in [5.41, 5.74) is 7.19. The number of rotatable bonds is 4. The van der Waals surface area contributed by atoms with Gasteiger partial charge in [0.1, 0.15) is 11.5 Å². The Bertz CT molecular complexity index is 629. The van der Waals surface area contributed by atoms with Crippen LogP contribution in [-0.2, 0) is 0 Å². The van der Waals surface area contributed by atoms with Gasteiger partial charge in [0.05, 0.1) is 4.92 Å². The number of benzene rings is 2. The summed E-state index contributed by atoms with van der Waals surface area (Å²) in [4.78, 5) is 10.2. The number of anilines is 2. The Morgan fingerprint density at radius 2 is 1.90 bits per heavy atom. The molecule has 1 unspecified atom stereocenters. The molecule has 0 spiro atoms. The van der Waals surface area contributed by atoms with Crippen molar-refractivity contribution in [2.24, 2.45) is 0 Å². The number of hydrogen-bond acceptors (Lipinski definition) is 4. The van der Waals surface area contributed by atoms with Gasteiger partial charge < -0.3 is 11.1 Å². The first kappa shape index (κ1) is 13.8. The number of nitro benzene ring substituents is 1. The van der Waals surface area contributed by atoms with Gasteiger partial charge in [-0.1, -0.05) is 12.1 Å². The van der Waals surface area contributed by atoms with E-state index >= 15 is 0 Å². The molecule has 0 saturated carbocycles. The molecule has 2 rings (SSSR count). The van der Waals surface area contributed by atoms with Crippen LogP contribution in [0.4, 0.5) is 21.5 Å². The van der Waals surface area contributed by atoms with E-state index in [0.29, 0.717) is 5.69 Å². The highest BCUT2D eigenvalue weighted by Gasteiger charge is 2.12. The molecule has 0 fully saturated rings. The van der Waals surface area contributed by atoms with Crippen LogP contribution in [-0.4, -0.2) is 4.92 Å². The van der Waals surface area contributed by atoms with E-state index in [1.165, 1.54) is 24.3 Å². The molecule has 0 amide bonds. The Labute approximate surface area is 115 Å². The average molecular weight is 275 g/mol. The van der Waals surface area contributed by atoms with Crippen molar-refractivity contribution in [3.05, 3.63) is 64.0 Å². The number of nitrogens with two attached hydrogens (primary N) is 1. The van der Waals surface area contributed by atoms with E-state index in [4.69, 9.17) is 5.73 Å². The first-order valence-electron chi connectivity index (χ1n) is 6.03. The number of nitrogens with one attached hydrogen (secondary N) is 1. The van der Waals surface area contributed by atoms with Crippen LogP contribution in [0.3, 0.4) is 0 Å². The normalized spacial score (nSPS) is 11.9. The van der Waals surface area contributed by atoms with Crippen LogP contribution in [0.2, 0.25) is 0 Å². The van der Waals surface area contributed by atoms with Crippen molar-refractivity contribution in [1.82, 2.24) is 0 Å². The number of hydrogen-bond donors (Lipinski definition) is 2. The van der Waals surface area contributed by atoms with Crippen molar-refractivity contribution in [2.75, 3.05) is 11.1 Å². The predicted molar refractivity (Wildman–Crippen MR) is 75.9 cm³/mol. The number of nitrogen functional groups attached to an aromatic ring is 1. The van der Waals surface area contributed by atoms with Crippen LogP contribution in [0.1, 0.15) is 18.5 Å². The van der Waals surface area contributed by atoms with Crippen LogP contribution in [0, 0.1) is 15.9 Å². The second-order valence-corrected chi connectivity index (χ2v) is 4.45. The number of nitro groups is 1. The number of nitrogens with zero attached hydrogens (tertiary/aromatic N) is 1. The highest BCUT2D eigenvalue weighted by Crippen LogP contribution is 2.27. The van der Waals surface area contributed by atoms with Gasteiger partial charge >= 0.3 is 0 Å². The zero-order chi connectivity index (χ0) is 14.7. The maximum atomic E-state index is 12.8.